The van der Waals surface area contributed by atoms with Gasteiger partial charge < -0.3 is 9.84 Å². The number of aliphatic hydroxyl groups excluding tert-OH is 1. The van der Waals surface area contributed by atoms with Crippen molar-refractivity contribution in [2.75, 3.05) is 19.7 Å². The number of β-amino-alcohol motifs (C(OH)–C–C–N with tert-alkyl or cyclic N) is 1. The first-order valence-electron chi connectivity index (χ1n) is 8.08. The number of aliphatic hydroxyl groups is 1. The number of thiophene rings is 1. The fraction of sp³-hybridized carbons (Fsp3) is 0.529. The molecule has 0 saturated carbocycles. The Bertz CT molecular complexity index is 618. The van der Waals surface area contributed by atoms with Crippen LogP contribution in [0.25, 0.3) is 0 Å². The number of aromatic nitrogens is 2. The molecule has 6 heteroatoms. The Balaban J connectivity index is 1.46. The molecular weight excluding hydrogens is 310 g/mol. The van der Waals surface area contributed by atoms with Crippen LogP contribution in [-0.4, -0.2) is 45.8 Å². The van der Waals surface area contributed by atoms with Gasteiger partial charge in [-0.1, -0.05) is 13.0 Å². The summed E-state index contributed by atoms with van der Waals surface area (Å²) >= 11 is 1.67. The van der Waals surface area contributed by atoms with E-state index in [1.54, 1.807) is 11.3 Å². The van der Waals surface area contributed by atoms with Crippen molar-refractivity contribution in [3.8, 4) is 0 Å². The molecule has 2 aromatic heterocycles. The van der Waals surface area contributed by atoms with Crippen molar-refractivity contribution in [2.45, 2.75) is 39.0 Å². The highest BCUT2D eigenvalue weighted by molar-refractivity contribution is 7.09. The molecule has 3 rings (SSSR count). The summed E-state index contributed by atoms with van der Waals surface area (Å²) in [4.78, 5) is 12.4. The van der Waals surface area contributed by atoms with Gasteiger partial charge in [0, 0.05) is 37.1 Å². The van der Waals surface area contributed by atoms with E-state index in [9.17, 15) is 5.11 Å². The van der Waals surface area contributed by atoms with Crippen LogP contribution < -0.4 is 0 Å². The summed E-state index contributed by atoms with van der Waals surface area (Å²) in [6.45, 7) is 5.35. The SMILES string of the molecule is CCc1ncc2c(n1)CN(C[C@H](O)COCc1cccs1)CC2. The van der Waals surface area contributed by atoms with E-state index in [-0.39, 0.29) is 0 Å². The molecule has 0 unspecified atom stereocenters. The minimum atomic E-state index is -0.469. The number of ether oxygens (including phenoxy) is 1. The minimum absolute atomic E-state index is 0.366. The predicted molar refractivity (Wildman–Crippen MR) is 90.4 cm³/mol. The highest BCUT2D eigenvalue weighted by Gasteiger charge is 2.20. The molecule has 0 radical (unpaired) electrons. The maximum absolute atomic E-state index is 10.2. The highest BCUT2D eigenvalue weighted by Crippen LogP contribution is 2.17. The summed E-state index contributed by atoms with van der Waals surface area (Å²) in [6.07, 6.45) is 3.29. The van der Waals surface area contributed by atoms with Crippen LogP contribution in [0, 0.1) is 0 Å². The van der Waals surface area contributed by atoms with Gasteiger partial charge in [-0.15, -0.1) is 11.3 Å². The highest BCUT2D eigenvalue weighted by atomic mass is 32.1. The first-order chi connectivity index (χ1) is 11.2. The van der Waals surface area contributed by atoms with Gasteiger partial charge in [0.15, 0.2) is 0 Å². The monoisotopic (exact) mass is 333 g/mol. The molecule has 0 aromatic carbocycles. The summed E-state index contributed by atoms with van der Waals surface area (Å²) in [7, 11) is 0. The van der Waals surface area contributed by atoms with E-state index < -0.39 is 6.10 Å². The summed E-state index contributed by atoms with van der Waals surface area (Å²) in [5.74, 6) is 0.894. The lowest BCUT2D eigenvalue weighted by molar-refractivity contribution is 0.00823. The van der Waals surface area contributed by atoms with Crippen LogP contribution >= 0.6 is 11.3 Å². The quantitative estimate of drug-likeness (QED) is 0.840. The standard InChI is InChI=1S/C17H23N3O2S/c1-2-17-18-8-13-5-6-20(10-16(13)19-17)9-14(21)11-22-12-15-4-3-7-23-15/h3-4,7-8,14,21H,2,5-6,9-12H2,1H3/t14-/m0/s1. The third-order valence-electron chi connectivity index (χ3n) is 3.99. The summed E-state index contributed by atoms with van der Waals surface area (Å²) in [6, 6.07) is 4.06. The van der Waals surface area contributed by atoms with Crippen molar-refractivity contribution in [3.63, 3.8) is 0 Å². The van der Waals surface area contributed by atoms with Gasteiger partial charge in [0.05, 0.1) is 25.0 Å². The van der Waals surface area contributed by atoms with E-state index in [0.717, 1.165) is 37.4 Å². The second-order valence-corrected chi connectivity index (χ2v) is 6.88. The van der Waals surface area contributed by atoms with Gasteiger partial charge in [0.1, 0.15) is 5.82 Å². The van der Waals surface area contributed by atoms with E-state index in [1.807, 2.05) is 23.7 Å². The van der Waals surface area contributed by atoms with Crippen LogP contribution in [0.5, 0.6) is 0 Å². The van der Waals surface area contributed by atoms with E-state index >= 15 is 0 Å². The zero-order chi connectivity index (χ0) is 16.1. The fourth-order valence-electron chi connectivity index (χ4n) is 2.77. The molecule has 0 bridgehead atoms. The average Bonchev–Trinajstić information content (AvgIpc) is 3.07. The number of rotatable bonds is 7. The molecule has 0 amide bonds. The molecule has 0 fully saturated rings. The Kier molecular flexibility index (Phi) is 5.72. The molecule has 0 spiro atoms. The maximum atomic E-state index is 10.2. The van der Waals surface area contributed by atoms with Crippen LogP contribution in [-0.2, 0) is 30.7 Å². The lowest BCUT2D eigenvalue weighted by Crippen LogP contribution is -2.38. The van der Waals surface area contributed by atoms with Gasteiger partial charge in [-0.05, 0) is 23.4 Å². The van der Waals surface area contributed by atoms with Crippen LogP contribution in [0.1, 0.15) is 28.9 Å². The lowest BCUT2D eigenvalue weighted by atomic mass is 10.1. The van der Waals surface area contributed by atoms with Crippen LogP contribution in [0.2, 0.25) is 0 Å². The third kappa shape index (κ3) is 4.57. The normalized spacial score (nSPS) is 16.3. The van der Waals surface area contributed by atoms with Gasteiger partial charge in [-0.2, -0.15) is 0 Å². The molecule has 0 saturated heterocycles. The van der Waals surface area contributed by atoms with Gasteiger partial charge >= 0.3 is 0 Å². The molecule has 23 heavy (non-hydrogen) atoms. The summed E-state index contributed by atoms with van der Waals surface area (Å²) < 4.78 is 5.60. The molecule has 0 aliphatic carbocycles. The van der Waals surface area contributed by atoms with Crippen molar-refractivity contribution in [2.24, 2.45) is 0 Å². The molecule has 3 heterocycles. The topological polar surface area (TPSA) is 58.5 Å². The minimum Gasteiger partial charge on any atom is -0.389 e. The van der Waals surface area contributed by atoms with Crippen molar-refractivity contribution in [1.29, 1.82) is 0 Å². The second-order valence-electron chi connectivity index (χ2n) is 5.85. The van der Waals surface area contributed by atoms with Crippen molar-refractivity contribution < 1.29 is 9.84 Å². The molecule has 1 aliphatic heterocycles. The zero-order valence-corrected chi connectivity index (χ0v) is 14.3. The molecule has 1 atom stereocenters. The average molecular weight is 333 g/mol. The number of aryl methyl sites for hydroxylation is 1. The van der Waals surface area contributed by atoms with Crippen molar-refractivity contribution >= 4 is 11.3 Å². The third-order valence-corrected chi connectivity index (χ3v) is 4.84. The predicted octanol–water partition coefficient (Wildman–Crippen LogP) is 2.04. The molecule has 124 valence electrons. The Morgan fingerprint density at radius 3 is 3.17 bits per heavy atom. The summed E-state index contributed by atoms with van der Waals surface area (Å²) in [5.41, 5.74) is 2.34. The Morgan fingerprint density at radius 1 is 1.48 bits per heavy atom. The fourth-order valence-corrected chi connectivity index (χ4v) is 3.41. The Hall–Kier alpha value is -1.34. The van der Waals surface area contributed by atoms with Gasteiger partial charge in [0.25, 0.3) is 0 Å². The molecule has 5 nitrogen and oxygen atoms in total. The van der Waals surface area contributed by atoms with E-state index in [2.05, 4.69) is 21.8 Å². The van der Waals surface area contributed by atoms with E-state index in [0.29, 0.717) is 19.8 Å². The lowest BCUT2D eigenvalue weighted by Gasteiger charge is -2.29. The molecule has 1 N–H and O–H groups in total. The second kappa shape index (κ2) is 7.97. The van der Waals surface area contributed by atoms with Crippen LogP contribution in [0.15, 0.2) is 23.7 Å². The summed E-state index contributed by atoms with van der Waals surface area (Å²) in [5, 5.41) is 12.2. The molecule has 1 aliphatic rings. The molecule has 2 aromatic rings. The Labute approximate surface area is 141 Å². The number of nitrogens with zero attached hydrogens (tertiary/aromatic N) is 3. The van der Waals surface area contributed by atoms with Crippen molar-refractivity contribution in [1.82, 2.24) is 14.9 Å². The first-order valence-corrected chi connectivity index (χ1v) is 8.96. The van der Waals surface area contributed by atoms with Gasteiger partial charge in [-0.3, -0.25) is 4.90 Å². The number of hydrogen-bond donors (Lipinski definition) is 1. The maximum Gasteiger partial charge on any atom is 0.128 e. The first kappa shape index (κ1) is 16.5. The van der Waals surface area contributed by atoms with Gasteiger partial charge in [-0.25, -0.2) is 9.97 Å². The van der Waals surface area contributed by atoms with E-state index in [4.69, 9.17) is 4.74 Å². The Morgan fingerprint density at radius 2 is 2.39 bits per heavy atom. The van der Waals surface area contributed by atoms with Crippen molar-refractivity contribution in [3.05, 3.63) is 45.7 Å². The number of fused-ring (bicyclic) bond motifs is 1. The largest absolute Gasteiger partial charge is 0.389 e. The smallest absolute Gasteiger partial charge is 0.128 e. The van der Waals surface area contributed by atoms with E-state index in [1.165, 1.54) is 10.4 Å². The van der Waals surface area contributed by atoms with Crippen LogP contribution in [0.4, 0.5) is 0 Å². The number of hydrogen-bond acceptors (Lipinski definition) is 6. The molecular formula is C17H23N3O2S. The van der Waals surface area contributed by atoms with Crippen LogP contribution in [0.3, 0.4) is 0 Å². The van der Waals surface area contributed by atoms with Gasteiger partial charge in [0.2, 0.25) is 0 Å². The zero-order valence-electron chi connectivity index (χ0n) is 13.4.